The van der Waals surface area contributed by atoms with Crippen LogP contribution >= 0.6 is 0 Å². The van der Waals surface area contributed by atoms with Gasteiger partial charge in [0.1, 0.15) is 12.7 Å². The summed E-state index contributed by atoms with van der Waals surface area (Å²) in [5.74, 6) is -0.119. The van der Waals surface area contributed by atoms with Crippen LogP contribution < -0.4 is 5.32 Å². The van der Waals surface area contributed by atoms with Gasteiger partial charge in [-0.1, -0.05) is 12.1 Å². The maximum Gasteiger partial charge on any atom is 0.251 e. The number of rotatable bonds is 5. The number of benzene rings is 2. The maximum absolute atomic E-state index is 12.5. The van der Waals surface area contributed by atoms with Crippen molar-refractivity contribution in [3.63, 3.8) is 0 Å². The molecule has 2 aromatic heterocycles. The van der Waals surface area contributed by atoms with E-state index in [0.717, 1.165) is 16.9 Å². The number of amides is 1. The Morgan fingerprint density at radius 2 is 1.70 bits per heavy atom. The van der Waals surface area contributed by atoms with E-state index < -0.39 is 0 Å². The molecule has 1 amide bonds. The fourth-order valence-corrected chi connectivity index (χ4v) is 2.82. The Bertz CT molecular complexity index is 1010. The Morgan fingerprint density at radius 3 is 2.33 bits per heavy atom. The molecule has 0 unspecified atom stereocenters. The molecule has 4 rings (SSSR count). The lowest BCUT2D eigenvalue weighted by Gasteiger charge is -2.15. The molecule has 0 fully saturated rings. The Labute approximate surface area is 156 Å². The molecular weight excluding hydrogens is 340 g/mol. The van der Waals surface area contributed by atoms with Crippen LogP contribution in [0, 0.1) is 0 Å². The second-order valence-corrected chi connectivity index (χ2v) is 6.14. The molecule has 0 saturated carbocycles. The third kappa shape index (κ3) is 3.62. The van der Waals surface area contributed by atoms with Crippen molar-refractivity contribution < 1.29 is 4.79 Å². The van der Waals surface area contributed by atoms with Crippen molar-refractivity contribution in [1.82, 2.24) is 29.6 Å². The van der Waals surface area contributed by atoms with Crippen LogP contribution in [0.1, 0.15) is 28.9 Å². The predicted octanol–water partition coefficient (Wildman–Crippen LogP) is 2.94. The lowest BCUT2D eigenvalue weighted by Crippen LogP contribution is -2.26. The van der Waals surface area contributed by atoms with E-state index in [9.17, 15) is 4.79 Å². The van der Waals surface area contributed by atoms with Gasteiger partial charge < -0.3 is 9.88 Å². The van der Waals surface area contributed by atoms with E-state index in [1.54, 1.807) is 35.7 Å². The summed E-state index contributed by atoms with van der Waals surface area (Å²) < 4.78 is 3.58. The summed E-state index contributed by atoms with van der Waals surface area (Å²) >= 11 is 0. The zero-order chi connectivity index (χ0) is 18.6. The molecular formula is C20H18N6O. The average molecular weight is 358 g/mol. The lowest BCUT2D eigenvalue weighted by molar-refractivity contribution is 0.0940. The van der Waals surface area contributed by atoms with Gasteiger partial charge in [0.25, 0.3) is 5.91 Å². The first-order chi connectivity index (χ1) is 13.2. The monoisotopic (exact) mass is 358 g/mol. The van der Waals surface area contributed by atoms with Gasteiger partial charge in [-0.2, -0.15) is 5.10 Å². The van der Waals surface area contributed by atoms with Crippen LogP contribution in [-0.2, 0) is 0 Å². The van der Waals surface area contributed by atoms with Crippen molar-refractivity contribution in [2.75, 3.05) is 0 Å². The molecule has 2 heterocycles. The molecule has 1 atom stereocenters. The SMILES string of the molecule is C[C@H](NC(=O)c1ccc(-n2cncn2)cc1)c1ccc(-n2ccnc2)cc1. The lowest BCUT2D eigenvalue weighted by atomic mass is 10.1. The molecule has 0 spiro atoms. The number of nitrogens with one attached hydrogen (secondary N) is 1. The first-order valence-electron chi connectivity index (χ1n) is 8.55. The van der Waals surface area contributed by atoms with Crippen molar-refractivity contribution in [2.24, 2.45) is 0 Å². The van der Waals surface area contributed by atoms with E-state index in [4.69, 9.17) is 0 Å². The van der Waals surface area contributed by atoms with E-state index >= 15 is 0 Å². The van der Waals surface area contributed by atoms with E-state index in [0.29, 0.717) is 5.56 Å². The first kappa shape index (κ1) is 16.7. The highest BCUT2D eigenvalue weighted by Crippen LogP contribution is 2.17. The molecule has 0 radical (unpaired) electrons. The van der Waals surface area contributed by atoms with Crippen LogP contribution in [0.25, 0.3) is 11.4 Å². The number of nitrogens with zero attached hydrogens (tertiary/aromatic N) is 5. The molecule has 7 heteroatoms. The highest BCUT2D eigenvalue weighted by atomic mass is 16.1. The number of aromatic nitrogens is 5. The van der Waals surface area contributed by atoms with Gasteiger partial charge in [0, 0.05) is 23.6 Å². The van der Waals surface area contributed by atoms with Crippen molar-refractivity contribution >= 4 is 5.91 Å². The van der Waals surface area contributed by atoms with E-state index in [1.165, 1.54) is 6.33 Å². The average Bonchev–Trinajstić information content (AvgIpc) is 3.42. The van der Waals surface area contributed by atoms with Gasteiger partial charge in [-0.25, -0.2) is 14.6 Å². The van der Waals surface area contributed by atoms with Gasteiger partial charge in [0.15, 0.2) is 0 Å². The van der Waals surface area contributed by atoms with Gasteiger partial charge in [-0.05, 0) is 48.9 Å². The normalized spacial score (nSPS) is 11.9. The molecule has 0 aliphatic rings. The smallest absolute Gasteiger partial charge is 0.251 e. The van der Waals surface area contributed by atoms with E-state index in [-0.39, 0.29) is 11.9 Å². The predicted molar refractivity (Wildman–Crippen MR) is 101 cm³/mol. The third-order valence-corrected chi connectivity index (χ3v) is 4.36. The highest BCUT2D eigenvalue weighted by Gasteiger charge is 2.12. The summed E-state index contributed by atoms with van der Waals surface area (Å²) in [7, 11) is 0. The first-order valence-corrected chi connectivity index (χ1v) is 8.55. The molecule has 0 bridgehead atoms. The summed E-state index contributed by atoms with van der Waals surface area (Å²) in [5, 5.41) is 7.10. The molecule has 4 aromatic rings. The van der Waals surface area contributed by atoms with Crippen LogP contribution in [-0.4, -0.2) is 30.2 Å². The fourth-order valence-electron chi connectivity index (χ4n) is 2.82. The van der Waals surface area contributed by atoms with Gasteiger partial charge in [0.2, 0.25) is 0 Å². The minimum Gasteiger partial charge on any atom is -0.346 e. The highest BCUT2D eigenvalue weighted by molar-refractivity contribution is 5.94. The molecule has 27 heavy (non-hydrogen) atoms. The molecule has 0 aliphatic carbocycles. The molecule has 2 aromatic carbocycles. The molecule has 0 aliphatic heterocycles. The van der Waals surface area contributed by atoms with Crippen LogP contribution in [0.5, 0.6) is 0 Å². The maximum atomic E-state index is 12.5. The fraction of sp³-hybridized carbons (Fsp3) is 0.100. The summed E-state index contributed by atoms with van der Waals surface area (Å²) in [5.41, 5.74) is 3.51. The topological polar surface area (TPSA) is 77.6 Å². The van der Waals surface area contributed by atoms with Gasteiger partial charge >= 0.3 is 0 Å². The largest absolute Gasteiger partial charge is 0.346 e. The second kappa shape index (κ2) is 7.25. The Kier molecular flexibility index (Phi) is 4.49. The van der Waals surface area contributed by atoms with Crippen molar-refractivity contribution in [1.29, 1.82) is 0 Å². The van der Waals surface area contributed by atoms with Crippen molar-refractivity contribution in [2.45, 2.75) is 13.0 Å². The summed E-state index contributed by atoms with van der Waals surface area (Å²) in [4.78, 5) is 20.5. The zero-order valence-corrected chi connectivity index (χ0v) is 14.7. The Morgan fingerprint density at radius 1 is 0.963 bits per heavy atom. The summed E-state index contributed by atoms with van der Waals surface area (Å²) in [6.45, 7) is 1.97. The number of imidazole rings is 1. The van der Waals surface area contributed by atoms with Crippen LogP contribution in [0.2, 0.25) is 0 Å². The van der Waals surface area contributed by atoms with Crippen LogP contribution in [0.4, 0.5) is 0 Å². The molecule has 134 valence electrons. The third-order valence-electron chi connectivity index (χ3n) is 4.36. The summed E-state index contributed by atoms with van der Waals surface area (Å²) in [6.07, 6.45) is 8.47. The van der Waals surface area contributed by atoms with Crippen LogP contribution in [0.3, 0.4) is 0 Å². The zero-order valence-electron chi connectivity index (χ0n) is 14.7. The minimum atomic E-state index is -0.119. The van der Waals surface area contributed by atoms with Crippen molar-refractivity contribution in [3.8, 4) is 11.4 Å². The number of hydrogen-bond acceptors (Lipinski definition) is 4. The van der Waals surface area contributed by atoms with E-state index in [1.807, 2.05) is 54.1 Å². The molecule has 1 N–H and O–H groups in total. The molecule has 0 saturated heterocycles. The standard InChI is InChI=1S/C20H18N6O/c1-15(16-2-6-18(7-3-16)25-11-10-21-13-25)24-20(27)17-4-8-19(9-5-17)26-14-22-12-23-26/h2-15H,1H3,(H,24,27)/t15-/m0/s1. The Balaban J connectivity index is 1.43. The minimum absolute atomic E-state index is 0.107. The second-order valence-electron chi connectivity index (χ2n) is 6.14. The summed E-state index contributed by atoms with van der Waals surface area (Å²) in [6, 6.07) is 15.2. The van der Waals surface area contributed by atoms with Crippen molar-refractivity contribution in [3.05, 3.63) is 91.0 Å². The number of hydrogen-bond donors (Lipinski definition) is 1. The van der Waals surface area contributed by atoms with Gasteiger partial charge in [0.05, 0.1) is 18.1 Å². The Hall–Kier alpha value is -3.74. The molecule has 7 nitrogen and oxygen atoms in total. The van der Waals surface area contributed by atoms with Gasteiger partial charge in [-0.3, -0.25) is 4.79 Å². The van der Waals surface area contributed by atoms with E-state index in [2.05, 4.69) is 20.4 Å². The number of carbonyl (C=O) groups excluding carboxylic acids is 1. The van der Waals surface area contributed by atoms with Gasteiger partial charge in [-0.15, -0.1) is 0 Å². The van der Waals surface area contributed by atoms with Crippen LogP contribution in [0.15, 0.2) is 79.9 Å². The quantitative estimate of drug-likeness (QED) is 0.595. The number of carbonyl (C=O) groups is 1.